The van der Waals surface area contributed by atoms with E-state index in [1.807, 2.05) is 0 Å². The van der Waals surface area contributed by atoms with E-state index in [9.17, 15) is 34.8 Å². The number of rotatable bonds is 48. The van der Waals surface area contributed by atoms with Gasteiger partial charge in [0.25, 0.3) is 5.91 Å². The highest BCUT2D eigenvalue weighted by atomic mass is 16.4. The van der Waals surface area contributed by atoms with Gasteiger partial charge in [-0.3, -0.25) is 14.4 Å². The third-order valence-electron chi connectivity index (χ3n) is 11.6. The molecule has 14 N–H and O–H groups in total. The van der Waals surface area contributed by atoms with E-state index in [4.69, 9.17) is 16.6 Å². The zero-order valence-corrected chi connectivity index (χ0v) is 39.1. The highest BCUT2D eigenvalue weighted by Crippen LogP contribution is 2.14. The van der Waals surface area contributed by atoms with Gasteiger partial charge in [0.05, 0.1) is 6.61 Å². The molecule has 0 aromatic rings. The molecule has 4 atom stereocenters. The molecule has 368 valence electrons. The summed E-state index contributed by atoms with van der Waals surface area (Å²) in [5.74, 6) is 0.164. The summed E-state index contributed by atoms with van der Waals surface area (Å²) < 4.78 is 0. The van der Waals surface area contributed by atoms with E-state index in [1.165, 1.54) is 57.8 Å². The summed E-state index contributed by atoms with van der Waals surface area (Å²) in [5.41, 5.74) is 11.2. The summed E-state index contributed by atoms with van der Waals surface area (Å²) >= 11 is 0. The first-order chi connectivity index (χ1) is 30.2. The Morgan fingerprint density at radius 2 is 0.774 bits per heavy atom. The molecule has 0 heterocycles. The van der Waals surface area contributed by atoms with E-state index >= 15 is 0 Å². The number of hydrogen-bond donors (Lipinski definition) is 12. The van der Waals surface area contributed by atoms with Gasteiger partial charge in [-0.05, 0) is 109 Å². The average Bonchev–Trinajstić information content (AvgIpc) is 3.27. The minimum Gasteiger partial charge on any atom is -0.394 e. The van der Waals surface area contributed by atoms with Gasteiger partial charge in [-0.2, -0.15) is 0 Å². The molecule has 3 amide bonds. The molecular formula is C47H97N7O8. The molecule has 15 nitrogen and oxygen atoms in total. The minimum absolute atomic E-state index is 0.152. The van der Waals surface area contributed by atoms with Crippen LogP contribution >= 0.6 is 0 Å². The third-order valence-corrected chi connectivity index (χ3v) is 11.6. The number of carbonyl (C=O) groups excluding carboxylic acids is 3. The molecule has 0 aromatic carbocycles. The number of aliphatic hydroxyl groups is 5. The van der Waals surface area contributed by atoms with Gasteiger partial charge in [-0.25, -0.2) is 0 Å². The van der Waals surface area contributed by atoms with Crippen LogP contribution in [0.25, 0.3) is 0 Å². The lowest BCUT2D eigenvalue weighted by molar-refractivity contribution is -0.148. The summed E-state index contributed by atoms with van der Waals surface area (Å²) in [4.78, 5) is 36.4. The van der Waals surface area contributed by atoms with Crippen LogP contribution in [0.1, 0.15) is 186 Å². The Kier molecular flexibility index (Phi) is 44.2. The van der Waals surface area contributed by atoms with Gasteiger partial charge in [0.15, 0.2) is 6.10 Å². The van der Waals surface area contributed by atoms with Crippen molar-refractivity contribution in [3.63, 3.8) is 0 Å². The van der Waals surface area contributed by atoms with E-state index in [1.54, 1.807) is 0 Å². The van der Waals surface area contributed by atoms with Crippen molar-refractivity contribution in [2.45, 2.75) is 211 Å². The second-order valence-corrected chi connectivity index (χ2v) is 17.5. The zero-order valence-electron chi connectivity index (χ0n) is 39.1. The molecule has 0 aliphatic carbocycles. The Hall–Kier alpha value is -1.95. The van der Waals surface area contributed by atoms with Gasteiger partial charge in [-0.15, -0.1) is 0 Å². The standard InChI is InChI=1S/C47H97N7O8/c48-30-20-25-32-50-37-40(38-51-33-26-21-31-49)27-17-13-16-23-35-53-43(58)29-19-11-7-3-1-5-9-14-22-34-52-42(57)28-18-12-8-4-2-6-10-15-24-36-54-47(62)46(61)45(60)44(59)41(56)39-55/h40-41,44-46,50-51,55-56,59-61H,1-39,48-49H2,(H,52,57)(H,53,58)(H,54,62)/t41-,44-,45+,46-/m1/s1. The maximum Gasteiger partial charge on any atom is 0.251 e. The number of nitrogens with two attached hydrogens (primary N) is 2. The van der Waals surface area contributed by atoms with Gasteiger partial charge in [-0.1, -0.05) is 109 Å². The van der Waals surface area contributed by atoms with E-state index < -0.39 is 36.9 Å². The molecule has 0 radical (unpaired) electrons. The van der Waals surface area contributed by atoms with Gasteiger partial charge >= 0.3 is 0 Å². The van der Waals surface area contributed by atoms with Crippen LogP contribution in [-0.4, -0.2) is 133 Å². The largest absolute Gasteiger partial charge is 0.394 e. The average molecular weight is 888 g/mol. The first kappa shape index (κ1) is 60.1. The lowest BCUT2D eigenvalue weighted by Gasteiger charge is -2.24. The van der Waals surface area contributed by atoms with Crippen LogP contribution in [0.3, 0.4) is 0 Å². The Balaban J connectivity index is 3.55. The first-order valence-electron chi connectivity index (χ1n) is 25.1. The van der Waals surface area contributed by atoms with Gasteiger partial charge in [0, 0.05) is 32.5 Å². The summed E-state index contributed by atoms with van der Waals surface area (Å²) in [5, 5.41) is 63.3. The summed E-state index contributed by atoms with van der Waals surface area (Å²) in [6, 6.07) is 0. The van der Waals surface area contributed by atoms with E-state index in [-0.39, 0.29) is 11.8 Å². The molecule has 62 heavy (non-hydrogen) atoms. The molecule has 0 fully saturated rings. The maximum atomic E-state index is 12.3. The van der Waals surface area contributed by atoms with E-state index in [0.29, 0.717) is 25.3 Å². The predicted molar refractivity (Wildman–Crippen MR) is 251 cm³/mol. The summed E-state index contributed by atoms with van der Waals surface area (Å²) in [6.07, 6.45) is 23.8. The number of amides is 3. The molecule has 0 aliphatic rings. The number of nitrogens with one attached hydrogen (secondary N) is 5. The van der Waals surface area contributed by atoms with Crippen molar-refractivity contribution in [1.82, 2.24) is 26.6 Å². The van der Waals surface area contributed by atoms with Gasteiger partial charge in [0.2, 0.25) is 11.8 Å². The van der Waals surface area contributed by atoms with Crippen molar-refractivity contribution in [2.24, 2.45) is 17.4 Å². The van der Waals surface area contributed by atoms with Crippen LogP contribution in [0.15, 0.2) is 0 Å². The zero-order chi connectivity index (χ0) is 45.7. The normalized spacial score (nSPS) is 13.5. The van der Waals surface area contributed by atoms with Crippen molar-refractivity contribution in [2.75, 3.05) is 65.5 Å². The van der Waals surface area contributed by atoms with Crippen LogP contribution < -0.4 is 38.1 Å². The van der Waals surface area contributed by atoms with Crippen molar-refractivity contribution >= 4 is 17.7 Å². The van der Waals surface area contributed by atoms with Crippen molar-refractivity contribution in [1.29, 1.82) is 0 Å². The Morgan fingerprint density at radius 3 is 1.18 bits per heavy atom. The molecule has 0 spiro atoms. The summed E-state index contributed by atoms with van der Waals surface area (Å²) in [6.45, 7) is 6.81. The van der Waals surface area contributed by atoms with Crippen molar-refractivity contribution < 1.29 is 39.9 Å². The second-order valence-electron chi connectivity index (χ2n) is 17.5. The fourth-order valence-corrected chi connectivity index (χ4v) is 7.51. The fraction of sp³-hybridized carbons (Fsp3) is 0.936. The lowest BCUT2D eigenvalue weighted by atomic mass is 10.00. The van der Waals surface area contributed by atoms with Crippen molar-refractivity contribution in [3.05, 3.63) is 0 Å². The molecule has 0 aliphatic heterocycles. The first-order valence-corrected chi connectivity index (χ1v) is 25.1. The van der Waals surface area contributed by atoms with Gasteiger partial charge in [0.1, 0.15) is 18.3 Å². The number of hydrogen-bond acceptors (Lipinski definition) is 12. The van der Waals surface area contributed by atoms with Crippen LogP contribution in [0.5, 0.6) is 0 Å². The minimum atomic E-state index is -1.89. The molecule has 0 unspecified atom stereocenters. The molecule has 0 aromatic heterocycles. The Bertz CT molecular complexity index is 1000. The molecular weight excluding hydrogens is 791 g/mol. The molecule has 0 rings (SSSR count). The lowest BCUT2D eigenvalue weighted by Crippen LogP contribution is -2.51. The quantitative estimate of drug-likeness (QED) is 0.0390. The SMILES string of the molecule is NCCCCNCC(CCCCCCNC(=O)CCCCCCCCCCCNC(=O)CCCCCCCCCCCNC(=O)[C@H](O)[C@@H](O)[C@H](O)[C@H](O)CO)CNCCCCN. The van der Waals surface area contributed by atoms with Crippen LogP contribution in [0.4, 0.5) is 0 Å². The fourth-order valence-electron chi connectivity index (χ4n) is 7.51. The second kappa shape index (κ2) is 45.6. The third kappa shape index (κ3) is 38.5. The summed E-state index contributed by atoms with van der Waals surface area (Å²) in [7, 11) is 0. The van der Waals surface area contributed by atoms with Crippen LogP contribution in [0.2, 0.25) is 0 Å². The highest BCUT2D eigenvalue weighted by Gasteiger charge is 2.33. The topological polar surface area (TPSA) is 265 Å². The molecule has 0 saturated carbocycles. The monoisotopic (exact) mass is 888 g/mol. The van der Waals surface area contributed by atoms with Gasteiger partial charge < -0.3 is 63.6 Å². The van der Waals surface area contributed by atoms with Crippen LogP contribution in [0, 0.1) is 5.92 Å². The van der Waals surface area contributed by atoms with E-state index in [2.05, 4.69) is 26.6 Å². The predicted octanol–water partition coefficient (Wildman–Crippen LogP) is 3.80. The van der Waals surface area contributed by atoms with E-state index in [0.717, 1.165) is 168 Å². The molecule has 15 heteroatoms. The smallest absolute Gasteiger partial charge is 0.251 e. The Labute approximate surface area is 376 Å². The molecule has 0 bridgehead atoms. The van der Waals surface area contributed by atoms with Crippen molar-refractivity contribution in [3.8, 4) is 0 Å². The van der Waals surface area contributed by atoms with Crippen LogP contribution in [-0.2, 0) is 14.4 Å². The number of carbonyl (C=O) groups is 3. The number of aliphatic hydroxyl groups excluding tert-OH is 5. The highest BCUT2D eigenvalue weighted by molar-refractivity contribution is 5.81. The Morgan fingerprint density at radius 1 is 0.419 bits per heavy atom. The maximum absolute atomic E-state index is 12.3. The number of unbranched alkanes of at least 4 members (excludes halogenated alkanes) is 21. The molecule has 0 saturated heterocycles.